The Morgan fingerprint density at radius 2 is 1.95 bits per heavy atom. The van der Waals surface area contributed by atoms with Crippen LogP contribution >= 0.6 is 0 Å². The average Bonchev–Trinajstić information content (AvgIpc) is 3.22. The third-order valence-electron chi connectivity index (χ3n) is 3.48. The van der Waals surface area contributed by atoms with Gasteiger partial charge in [-0.05, 0) is 24.5 Å². The molecule has 1 aromatic carbocycles. The molecule has 0 heterocycles. The van der Waals surface area contributed by atoms with Crippen LogP contribution in [0.2, 0.25) is 0 Å². The average molecular weight is 284 g/mol. The fourth-order valence-corrected chi connectivity index (χ4v) is 2.02. The minimum Gasteiger partial charge on any atom is -0.355 e. The quantitative estimate of drug-likeness (QED) is 0.801. The normalized spacial score (nSPS) is 19.1. The molecule has 2 amide bonds. The minimum absolute atomic E-state index is 0.0687. The molecule has 2 rings (SSSR count). The van der Waals surface area contributed by atoms with E-state index in [4.69, 9.17) is 0 Å². The molecule has 0 aromatic heterocycles. The Bertz CT molecular complexity index is 557. The molecule has 4 heteroatoms. The number of hydrogen-bond acceptors (Lipinski definition) is 2. The van der Waals surface area contributed by atoms with Gasteiger partial charge in [0.05, 0.1) is 6.54 Å². The molecule has 21 heavy (non-hydrogen) atoms. The molecule has 1 aromatic rings. The maximum Gasteiger partial charge on any atom is 0.223 e. The van der Waals surface area contributed by atoms with Crippen LogP contribution in [-0.2, 0) is 9.59 Å². The van der Waals surface area contributed by atoms with Gasteiger partial charge >= 0.3 is 0 Å². The smallest absolute Gasteiger partial charge is 0.223 e. The van der Waals surface area contributed by atoms with Crippen molar-refractivity contribution in [2.45, 2.75) is 19.8 Å². The first-order valence-electron chi connectivity index (χ1n) is 7.25. The zero-order valence-corrected chi connectivity index (χ0v) is 12.2. The number of amides is 2. The topological polar surface area (TPSA) is 58.2 Å². The van der Waals surface area contributed by atoms with Crippen molar-refractivity contribution in [1.29, 1.82) is 0 Å². The van der Waals surface area contributed by atoms with Crippen LogP contribution in [0, 0.1) is 23.7 Å². The second-order valence-corrected chi connectivity index (χ2v) is 5.31. The molecule has 1 saturated carbocycles. The van der Waals surface area contributed by atoms with E-state index < -0.39 is 0 Å². The molecule has 2 N–H and O–H groups in total. The number of benzene rings is 1. The van der Waals surface area contributed by atoms with Crippen LogP contribution < -0.4 is 10.6 Å². The van der Waals surface area contributed by atoms with E-state index in [9.17, 15) is 9.59 Å². The Morgan fingerprint density at radius 3 is 2.62 bits per heavy atom. The predicted octanol–water partition coefficient (Wildman–Crippen LogP) is 1.32. The lowest BCUT2D eigenvalue weighted by atomic mass is 10.2. The summed E-state index contributed by atoms with van der Waals surface area (Å²) >= 11 is 0. The van der Waals surface area contributed by atoms with E-state index >= 15 is 0 Å². The molecule has 0 radical (unpaired) electrons. The van der Waals surface area contributed by atoms with Crippen molar-refractivity contribution in [2.75, 3.05) is 13.1 Å². The van der Waals surface area contributed by atoms with Gasteiger partial charge in [0.1, 0.15) is 0 Å². The number of hydrogen-bond donors (Lipinski definition) is 2. The van der Waals surface area contributed by atoms with Crippen molar-refractivity contribution in [3.05, 3.63) is 35.9 Å². The van der Waals surface area contributed by atoms with Crippen molar-refractivity contribution >= 4 is 11.8 Å². The molecular formula is C17H20N2O2. The van der Waals surface area contributed by atoms with Crippen LogP contribution in [0.15, 0.2) is 30.3 Å². The zero-order chi connectivity index (χ0) is 15.1. The van der Waals surface area contributed by atoms with Gasteiger partial charge in [0.25, 0.3) is 0 Å². The van der Waals surface area contributed by atoms with E-state index in [0.717, 1.165) is 12.0 Å². The Kier molecular flexibility index (Phi) is 5.39. The van der Waals surface area contributed by atoms with Crippen molar-refractivity contribution in [2.24, 2.45) is 11.8 Å². The largest absolute Gasteiger partial charge is 0.355 e. The lowest BCUT2D eigenvalue weighted by molar-refractivity contribution is -0.123. The van der Waals surface area contributed by atoms with Gasteiger partial charge in [-0.2, -0.15) is 0 Å². The third-order valence-corrected chi connectivity index (χ3v) is 3.48. The van der Waals surface area contributed by atoms with Crippen LogP contribution in [0.25, 0.3) is 0 Å². The van der Waals surface area contributed by atoms with Crippen molar-refractivity contribution in [1.82, 2.24) is 10.6 Å². The van der Waals surface area contributed by atoms with Gasteiger partial charge in [0.2, 0.25) is 11.8 Å². The van der Waals surface area contributed by atoms with Crippen molar-refractivity contribution in [3.63, 3.8) is 0 Å². The van der Waals surface area contributed by atoms with Gasteiger partial charge in [0.15, 0.2) is 0 Å². The number of nitrogens with one attached hydrogen (secondary N) is 2. The number of carbonyl (C=O) groups excluding carboxylic acids is 2. The summed E-state index contributed by atoms with van der Waals surface area (Å²) in [6.45, 7) is 2.77. The van der Waals surface area contributed by atoms with Crippen molar-refractivity contribution in [3.8, 4) is 11.8 Å². The Hall–Kier alpha value is -2.28. The molecule has 0 aliphatic heterocycles. The molecular weight excluding hydrogens is 264 g/mol. The molecule has 1 aliphatic carbocycles. The van der Waals surface area contributed by atoms with E-state index in [1.54, 1.807) is 0 Å². The summed E-state index contributed by atoms with van der Waals surface area (Å²) in [5.74, 6) is 6.49. The predicted molar refractivity (Wildman–Crippen MR) is 81.2 cm³/mol. The monoisotopic (exact) mass is 284 g/mol. The van der Waals surface area contributed by atoms with Crippen molar-refractivity contribution < 1.29 is 9.59 Å². The minimum atomic E-state index is -0.0958. The highest BCUT2D eigenvalue weighted by Gasteiger charge is 2.38. The molecule has 2 atom stereocenters. The third kappa shape index (κ3) is 5.31. The first-order chi connectivity index (χ1) is 10.2. The Labute approximate surface area is 125 Å². The summed E-state index contributed by atoms with van der Waals surface area (Å²) in [7, 11) is 0. The fraction of sp³-hybridized carbons (Fsp3) is 0.412. The lowest BCUT2D eigenvalue weighted by Crippen LogP contribution is -2.31. The van der Waals surface area contributed by atoms with Crippen LogP contribution in [0.3, 0.4) is 0 Å². The standard InChI is InChI=1S/C17H20N2O2/c1-13-12-15(13)17(21)19-11-9-16(20)18-10-5-8-14-6-3-2-4-7-14/h2-4,6-7,13,15H,9-12H2,1H3,(H,18,20)(H,19,21)/t13-,15+/m1/s1. The SMILES string of the molecule is C[C@@H]1C[C@@H]1C(=O)NCCC(=O)NCC#Cc1ccccc1. The highest BCUT2D eigenvalue weighted by atomic mass is 16.2. The van der Waals surface area contributed by atoms with Gasteiger partial charge in [-0.1, -0.05) is 37.0 Å². The van der Waals surface area contributed by atoms with E-state index in [0.29, 0.717) is 25.4 Å². The number of carbonyl (C=O) groups is 2. The molecule has 110 valence electrons. The van der Waals surface area contributed by atoms with Gasteiger partial charge in [-0.25, -0.2) is 0 Å². The molecule has 0 unspecified atom stereocenters. The number of rotatable bonds is 5. The van der Waals surface area contributed by atoms with Crippen LogP contribution in [0.5, 0.6) is 0 Å². The second kappa shape index (κ2) is 7.49. The zero-order valence-electron chi connectivity index (χ0n) is 12.2. The Morgan fingerprint density at radius 1 is 1.24 bits per heavy atom. The summed E-state index contributed by atoms with van der Waals surface area (Å²) in [6, 6.07) is 9.62. The molecule has 0 saturated heterocycles. The van der Waals surface area contributed by atoms with Gasteiger partial charge in [0, 0.05) is 24.4 Å². The van der Waals surface area contributed by atoms with Crippen LogP contribution in [-0.4, -0.2) is 24.9 Å². The second-order valence-electron chi connectivity index (χ2n) is 5.31. The van der Waals surface area contributed by atoms with Crippen LogP contribution in [0.4, 0.5) is 0 Å². The van der Waals surface area contributed by atoms with Gasteiger partial charge in [-0.3, -0.25) is 9.59 Å². The highest BCUT2D eigenvalue weighted by Crippen LogP contribution is 2.37. The summed E-state index contributed by atoms with van der Waals surface area (Å²) in [4.78, 5) is 23.1. The van der Waals surface area contributed by atoms with Gasteiger partial charge in [-0.15, -0.1) is 0 Å². The summed E-state index contributed by atoms with van der Waals surface area (Å²) in [5, 5.41) is 5.50. The molecule has 1 fully saturated rings. The Balaban J connectivity index is 1.58. The van der Waals surface area contributed by atoms with E-state index in [2.05, 4.69) is 29.4 Å². The van der Waals surface area contributed by atoms with E-state index in [-0.39, 0.29) is 17.7 Å². The molecule has 1 aliphatic rings. The first kappa shape index (κ1) is 15.1. The maximum atomic E-state index is 11.6. The summed E-state index contributed by atoms with van der Waals surface area (Å²) < 4.78 is 0. The van der Waals surface area contributed by atoms with Crippen LogP contribution in [0.1, 0.15) is 25.3 Å². The van der Waals surface area contributed by atoms with E-state index in [1.807, 2.05) is 30.3 Å². The van der Waals surface area contributed by atoms with Gasteiger partial charge < -0.3 is 10.6 Å². The van der Waals surface area contributed by atoms with E-state index in [1.165, 1.54) is 0 Å². The first-order valence-corrected chi connectivity index (χ1v) is 7.25. The molecule has 0 spiro atoms. The summed E-state index contributed by atoms with van der Waals surface area (Å²) in [5.41, 5.74) is 0.928. The molecule has 0 bridgehead atoms. The molecule has 4 nitrogen and oxygen atoms in total. The highest BCUT2D eigenvalue weighted by molar-refractivity contribution is 5.82. The fourth-order valence-electron chi connectivity index (χ4n) is 2.02. The lowest BCUT2D eigenvalue weighted by Gasteiger charge is -2.04. The maximum absolute atomic E-state index is 11.6. The summed E-state index contributed by atoms with van der Waals surface area (Å²) in [6.07, 6.45) is 1.26.